The Bertz CT molecular complexity index is 33.8. The summed E-state index contributed by atoms with van der Waals surface area (Å²) in [5.74, 6) is 0. The van der Waals surface area contributed by atoms with Gasteiger partial charge >= 0.3 is 43.9 Å². The Morgan fingerprint density at radius 1 is 1.33 bits per heavy atom. The molecule has 0 spiro atoms. The van der Waals surface area contributed by atoms with Crippen molar-refractivity contribution < 1.29 is 35.4 Å². The Labute approximate surface area is 78.4 Å². The molecule has 5 heteroatoms. The van der Waals surface area contributed by atoms with E-state index in [2.05, 4.69) is 0 Å². The van der Waals surface area contributed by atoms with Crippen LogP contribution in [0.25, 0.3) is 0 Å². The van der Waals surface area contributed by atoms with Crippen LogP contribution in [0.5, 0.6) is 0 Å². The monoisotopic (exact) mass is 210 g/mol. The minimum atomic E-state index is -1.83. The zero-order valence-corrected chi connectivity index (χ0v) is 3.67. The molecule has 6 heavy (non-hydrogen) atoms. The first-order valence-corrected chi connectivity index (χ1v) is 0.651. The van der Waals surface area contributed by atoms with Gasteiger partial charge in [-0.2, -0.15) is 0 Å². The molecule has 0 rings (SSSR count). The second-order valence-corrected chi connectivity index (χ2v) is 0.283. The molecule has 0 fully saturated rings. The van der Waals surface area contributed by atoms with E-state index in [0.717, 1.165) is 0 Å². The summed E-state index contributed by atoms with van der Waals surface area (Å²) in [5, 5.41) is 13.9. The maximum atomic E-state index is 8.56. The van der Waals surface area contributed by atoms with Crippen molar-refractivity contribution in [2.75, 3.05) is 0 Å². The smallest absolute Gasteiger partial charge is 0 e. The first-order chi connectivity index (χ1) is 1.73. The van der Waals surface area contributed by atoms with E-state index in [-0.39, 0.29) is 58.2 Å². The molecule has 0 saturated heterocycles. The van der Waals surface area contributed by atoms with Gasteiger partial charge in [0.05, 0.1) is 0 Å². The molecule has 0 aromatic carbocycles. The topological polar surface area (TPSA) is 57.5 Å². The van der Waals surface area contributed by atoms with Crippen LogP contribution in [0, 0.1) is 0 Å². The normalized spacial score (nSPS) is 4.00. The van der Waals surface area contributed by atoms with Gasteiger partial charge in [0.2, 0.25) is 0 Å². The minimum absolute atomic E-state index is 0. The third-order valence-electron chi connectivity index (χ3n) is 0. The third-order valence-corrected chi connectivity index (χ3v) is 0. The summed E-state index contributed by atoms with van der Waals surface area (Å²) in [6.07, 6.45) is -1.83. The van der Waals surface area contributed by atoms with E-state index in [1.807, 2.05) is 0 Å². The number of carbonyl (C=O) groups is 1. The molecule has 38 valence electrons. The van der Waals surface area contributed by atoms with E-state index in [4.69, 9.17) is 15.0 Å². The van der Waals surface area contributed by atoms with Gasteiger partial charge in [0.25, 0.3) is 0 Å². The second-order valence-electron chi connectivity index (χ2n) is 0.283. The maximum absolute atomic E-state index is 8.56. The molecule has 0 aliphatic heterocycles. The quantitative estimate of drug-likeness (QED) is 0.520. The van der Waals surface area contributed by atoms with Crippen LogP contribution in [-0.4, -0.2) is 54.1 Å². The summed E-state index contributed by atoms with van der Waals surface area (Å²) in [6.45, 7) is 0. The Kier molecular flexibility index (Phi) is 24.8. The molecule has 0 aromatic rings. The summed E-state index contributed by atoms with van der Waals surface area (Å²) in [7, 11) is 0. The molecule has 0 atom stereocenters. The van der Waals surface area contributed by atoms with Crippen LogP contribution in [0.1, 0.15) is 0 Å². The Balaban J connectivity index is -0.0000000450. The molecule has 0 heterocycles. The Hall–Kier alpha value is 1.19. The fourth-order valence-electron chi connectivity index (χ4n) is 0. The molecule has 0 aromatic heterocycles. The maximum Gasteiger partial charge on any atom is 0 e. The van der Waals surface area contributed by atoms with Gasteiger partial charge in [-0.25, -0.2) is 4.79 Å². The fraction of sp³-hybridized carbons (Fsp3) is 0. The Morgan fingerprint density at radius 3 is 1.33 bits per heavy atom. The first-order valence-electron chi connectivity index (χ1n) is 0.651. The van der Waals surface area contributed by atoms with Gasteiger partial charge in [0, 0.05) is 20.4 Å². The van der Waals surface area contributed by atoms with Crippen molar-refractivity contribution in [3.05, 3.63) is 0 Å². The zero-order valence-electron chi connectivity index (χ0n) is 2.12. The van der Waals surface area contributed by atoms with Gasteiger partial charge in [0.15, 0.2) is 0 Å². The minimum Gasteiger partial charge on any atom is 0 e. The number of rotatable bonds is 0. The Morgan fingerprint density at radius 2 is 1.33 bits per heavy atom. The molecular formula is CH4CaO3Pd. The molecule has 0 unspecified atom stereocenters. The van der Waals surface area contributed by atoms with Crippen molar-refractivity contribution in [1.82, 2.24) is 0 Å². The van der Waals surface area contributed by atoms with Crippen molar-refractivity contribution in [2.45, 2.75) is 0 Å². The second kappa shape index (κ2) is 9.50. The summed E-state index contributed by atoms with van der Waals surface area (Å²) in [5.41, 5.74) is 0. The summed E-state index contributed by atoms with van der Waals surface area (Å²) < 4.78 is 0. The van der Waals surface area contributed by atoms with Gasteiger partial charge in [-0.3, -0.25) is 0 Å². The predicted octanol–water partition coefficient (Wildman–Crippen LogP) is -0.696. The summed E-state index contributed by atoms with van der Waals surface area (Å²) in [6, 6.07) is 0. The van der Waals surface area contributed by atoms with Crippen molar-refractivity contribution in [1.29, 1.82) is 0 Å². The standard InChI is InChI=1S/CH2O3.Ca.Pd.2H/c2-1(3)4;;;;/h(H2,2,3,4);;;;. The summed E-state index contributed by atoms with van der Waals surface area (Å²) >= 11 is 0. The van der Waals surface area contributed by atoms with Crippen LogP contribution >= 0.6 is 0 Å². The molecule has 0 amide bonds. The van der Waals surface area contributed by atoms with Gasteiger partial charge in [-0.05, 0) is 0 Å². The van der Waals surface area contributed by atoms with Crippen LogP contribution in [0.4, 0.5) is 4.79 Å². The fourth-order valence-corrected chi connectivity index (χ4v) is 0. The van der Waals surface area contributed by atoms with E-state index in [1.54, 1.807) is 0 Å². The SMILES string of the molecule is O=C(O)O.[CaH2].[Pd]. The molecule has 3 nitrogen and oxygen atoms in total. The molecular weight excluding hydrogens is 207 g/mol. The molecule has 0 bridgehead atoms. The van der Waals surface area contributed by atoms with E-state index in [9.17, 15) is 0 Å². The van der Waals surface area contributed by atoms with E-state index < -0.39 is 6.16 Å². The van der Waals surface area contributed by atoms with E-state index in [0.29, 0.717) is 0 Å². The number of carboxylic acid groups (broad SMARTS) is 2. The van der Waals surface area contributed by atoms with Crippen LogP contribution in [0.2, 0.25) is 0 Å². The van der Waals surface area contributed by atoms with Crippen molar-refractivity contribution in [3.63, 3.8) is 0 Å². The first kappa shape index (κ1) is 15.7. The molecule has 2 N–H and O–H groups in total. The van der Waals surface area contributed by atoms with E-state index >= 15 is 0 Å². The van der Waals surface area contributed by atoms with Gasteiger partial charge in [0.1, 0.15) is 0 Å². The molecule has 0 aliphatic carbocycles. The zero-order chi connectivity index (χ0) is 3.58. The average Bonchev–Trinajstić information content (AvgIpc) is 0.811. The van der Waals surface area contributed by atoms with Gasteiger partial charge in [-0.15, -0.1) is 0 Å². The molecule has 0 aliphatic rings. The average molecular weight is 211 g/mol. The van der Waals surface area contributed by atoms with Crippen molar-refractivity contribution in [3.8, 4) is 0 Å². The summed E-state index contributed by atoms with van der Waals surface area (Å²) in [4.78, 5) is 8.56. The van der Waals surface area contributed by atoms with Crippen LogP contribution in [0.3, 0.4) is 0 Å². The third kappa shape index (κ3) is 64.2. The van der Waals surface area contributed by atoms with Gasteiger partial charge < -0.3 is 10.2 Å². The molecule has 0 saturated carbocycles. The van der Waals surface area contributed by atoms with Crippen molar-refractivity contribution in [2.24, 2.45) is 0 Å². The molecule has 0 radical (unpaired) electrons. The van der Waals surface area contributed by atoms with Crippen LogP contribution < -0.4 is 0 Å². The van der Waals surface area contributed by atoms with E-state index in [1.165, 1.54) is 0 Å². The number of hydrogen-bond acceptors (Lipinski definition) is 1. The van der Waals surface area contributed by atoms with Gasteiger partial charge in [-0.1, -0.05) is 0 Å². The van der Waals surface area contributed by atoms with Crippen LogP contribution in [-0.2, 0) is 20.4 Å². The predicted molar refractivity (Wildman–Crippen MR) is 19.2 cm³/mol. The van der Waals surface area contributed by atoms with Crippen molar-refractivity contribution >= 4 is 43.9 Å². The largest absolute Gasteiger partial charge is 0 e. The number of hydrogen-bond donors (Lipinski definition) is 2. The van der Waals surface area contributed by atoms with Crippen LogP contribution in [0.15, 0.2) is 0 Å².